The molecule has 0 aliphatic rings. The summed E-state index contributed by atoms with van der Waals surface area (Å²) in [6.07, 6.45) is 4.19. The highest BCUT2D eigenvalue weighted by Gasteiger charge is 2.29. The minimum absolute atomic E-state index is 0.0441. The summed E-state index contributed by atoms with van der Waals surface area (Å²) in [6.45, 7) is 1.57. The molecule has 0 aromatic heterocycles. The third-order valence-corrected chi connectivity index (χ3v) is 5.43. The molecular weight excluding hydrogens is 211 g/mol. The molecule has 0 aliphatic carbocycles. The van der Waals surface area contributed by atoms with Gasteiger partial charge >= 0.3 is 0 Å². The molecule has 70 valence electrons. The molecular formula is C8H14Cl2OSi. The Morgan fingerprint density at radius 3 is 2.50 bits per heavy atom. The van der Waals surface area contributed by atoms with E-state index in [4.69, 9.17) is 22.2 Å². The zero-order valence-electron chi connectivity index (χ0n) is 7.44. The smallest absolute Gasteiger partial charge is 0.258 e. The van der Waals surface area contributed by atoms with Crippen molar-refractivity contribution in [2.75, 3.05) is 0 Å². The first-order valence-electron chi connectivity index (χ1n) is 4.05. The molecule has 4 heteroatoms. The molecule has 0 spiro atoms. The maximum absolute atomic E-state index is 11.1. The highest BCUT2D eigenvalue weighted by molar-refractivity contribution is 7.46. The maximum atomic E-state index is 11.1. The number of hydrogen-bond acceptors (Lipinski definition) is 1. The first kappa shape index (κ1) is 12.2. The summed E-state index contributed by atoms with van der Waals surface area (Å²) in [7, 11) is 0. The molecule has 0 amide bonds. The summed E-state index contributed by atoms with van der Waals surface area (Å²) in [4.78, 5) is 11.1. The third-order valence-electron chi connectivity index (χ3n) is 1.40. The van der Waals surface area contributed by atoms with Gasteiger partial charge in [-0.3, -0.25) is 4.79 Å². The van der Waals surface area contributed by atoms with Crippen molar-refractivity contribution in [1.82, 2.24) is 0 Å². The molecule has 0 atom stereocenters. The van der Waals surface area contributed by atoms with E-state index in [1.54, 1.807) is 6.08 Å². The van der Waals surface area contributed by atoms with Crippen molar-refractivity contribution in [2.24, 2.45) is 0 Å². The van der Waals surface area contributed by atoms with Crippen molar-refractivity contribution >= 4 is 34.6 Å². The van der Waals surface area contributed by atoms with Crippen LogP contribution in [-0.2, 0) is 4.79 Å². The van der Waals surface area contributed by atoms with Crippen LogP contribution in [-0.4, -0.2) is 12.5 Å². The van der Waals surface area contributed by atoms with Crippen molar-refractivity contribution in [3.63, 3.8) is 0 Å². The number of halogens is 2. The van der Waals surface area contributed by atoms with Crippen LogP contribution < -0.4 is 0 Å². The quantitative estimate of drug-likeness (QED) is 0.398. The Morgan fingerprint density at radius 2 is 2.08 bits per heavy atom. The highest BCUT2D eigenvalue weighted by atomic mass is 35.7. The van der Waals surface area contributed by atoms with E-state index < -0.39 is 6.69 Å². The van der Waals surface area contributed by atoms with Crippen LogP contribution in [0.1, 0.15) is 20.3 Å². The van der Waals surface area contributed by atoms with Gasteiger partial charge in [0.25, 0.3) is 6.69 Å². The van der Waals surface area contributed by atoms with Gasteiger partial charge in [0, 0.05) is 6.04 Å². The summed E-state index contributed by atoms with van der Waals surface area (Å²) in [6, 6.07) is 1.13. The average Bonchev–Trinajstić information content (AvgIpc) is 1.85. The van der Waals surface area contributed by atoms with Crippen molar-refractivity contribution in [1.29, 1.82) is 0 Å². The second-order valence-electron chi connectivity index (χ2n) is 2.75. The Morgan fingerprint density at radius 1 is 1.50 bits per heavy atom. The van der Waals surface area contributed by atoms with Gasteiger partial charge in [-0.25, -0.2) is 0 Å². The van der Waals surface area contributed by atoms with Gasteiger partial charge in [0.15, 0.2) is 5.78 Å². The fourth-order valence-electron chi connectivity index (χ4n) is 0.954. The zero-order valence-corrected chi connectivity index (χ0v) is 9.95. The Bertz CT molecular complexity index is 178. The fraction of sp³-hybridized carbons (Fsp3) is 0.625. The Hall–Kier alpha value is 0.207. The first-order valence-corrected chi connectivity index (χ1v) is 8.49. The van der Waals surface area contributed by atoms with Crippen molar-refractivity contribution < 1.29 is 4.79 Å². The van der Waals surface area contributed by atoms with Crippen LogP contribution in [0.5, 0.6) is 0 Å². The van der Waals surface area contributed by atoms with E-state index in [1.165, 1.54) is 6.08 Å². The van der Waals surface area contributed by atoms with E-state index in [-0.39, 0.29) is 5.78 Å². The summed E-state index contributed by atoms with van der Waals surface area (Å²) < 4.78 is 0. The second kappa shape index (κ2) is 5.78. The molecule has 0 radical (unpaired) electrons. The molecule has 0 fully saturated rings. The summed E-state index contributed by atoms with van der Waals surface area (Å²) >= 11 is 12.0. The minimum atomic E-state index is -2.26. The van der Waals surface area contributed by atoms with Gasteiger partial charge in [-0.1, -0.05) is 19.4 Å². The molecule has 1 nitrogen and oxygen atoms in total. The van der Waals surface area contributed by atoms with Crippen LogP contribution in [0.4, 0.5) is 0 Å². The van der Waals surface area contributed by atoms with Gasteiger partial charge in [0.05, 0.1) is 0 Å². The number of rotatable bonds is 5. The molecule has 0 heterocycles. The predicted molar refractivity (Wildman–Crippen MR) is 57.2 cm³/mol. The standard InChI is InChI=1S/C8H14Cl2OSi/c1-3-5-8(11)7-12(9,10)6-4-2/h3,5H,4,6-7H2,1-2H3. The topological polar surface area (TPSA) is 17.1 Å². The van der Waals surface area contributed by atoms with Gasteiger partial charge in [-0.15, -0.1) is 22.2 Å². The van der Waals surface area contributed by atoms with Gasteiger partial charge in [0.1, 0.15) is 0 Å². The van der Waals surface area contributed by atoms with Gasteiger partial charge < -0.3 is 0 Å². The fourth-order valence-corrected chi connectivity index (χ4v) is 4.41. The number of ketones is 1. The predicted octanol–water partition coefficient (Wildman–Crippen LogP) is 3.46. The molecule has 12 heavy (non-hydrogen) atoms. The van der Waals surface area contributed by atoms with Gasteiger partial charge in [-0.2, -0.15) is 0 Å². The Balaban J connectivity index is 3.96. The number of carbonyl (C=O) groups is 1. The molecule has 0 rings (SSSR count). The second-order valence-corrected chi connectivity index (χ2v) is 10.2. The largest absolute Gasteiger partial charge is 0.295 e. The Labute approximate surface area is 84.2 Å². The molecule has 0 N–H and O–H groups in total. The normalized spacial score (nSPS) is 12.3. The van der Waals surface area contributed by atoms with Crippen LogP contribution in [0.3, 0.4) is 0 Å². The molecule has 0 saturated heterocycles. The van der Waals surface area contributed by atoms with Crippen LogP contribution >= 0.6 is 22.2 Å². The van der Waals surface area contributed by atoms with Gasteiger partial charge in [0.2, 0.25) is 0 Å². The van der Waals surface area contributed by atoms with E-state index in [9.17, 15) is 4.79 Å². The molecule has 0 aromatic rings. The summed E-state index contributed by atoms with van der Waals surface area (Å²) in [5, 5.41) is 0. The lowest BCUT2D eigenvalue weighted by molar-refractivity contribution is -0.112. The lowest BCUT2D eigenvalue weighted by Gasteiger charge is -2.12. The summed E-state index contributed by atoms with van der Waals surface area (Å²) in [5.41, 5.74) is 0. The molecule has 0 aromatic carbocycles. The lowest BCUT2D eigenvalue weighted by Crippen LogP contribution is -2.21. The molecule has 0 bridgehead atoms. The Kier molecular flexibility index (Phi) is 5.88. The van der Waals surface area contributed by atoms with E-state index in [2.05, 4.69) is 0 Å². The van der Waals surface area contributed by atoms with Crippen molar-refractivity contribution in [2.45, 2.75) is 32.4 Å². The molecule has 0 aliphatic heterocycles. The summed E-state index contributed by atoms with van der Waals surface area (Å²) in [5.74, 6) is 0.0441. The van der Waals surface area contributed by atoms with Crippen molar-refractivity contribution in [3.05, 3.63) is 12.2 Å². The number of hydrogen-bond donors (Lipinski definition) is 0. The van der Waals surface area contributed by atoms with E-state index in [0.29, 0.717) is 6.04 Å². The van der Waals surface area contributed by atoms with Crippen LogP contribution in [0.15, 0.2) is 12.2 Å². The number of allylic oxidation sites excluding steroid dienone is 2. The van der Waals surface area contributed by atoms with Crippen LogP contribution in [0, 0.1) is 0 Å². The van der Waals surface area contributed by atoms with Gasteiger partial charge in [-0.05, 0) is 19.0 Å². The monoisotopic (exact) mass is 224 g/mol. The SMILES string of the molecule is CC=CC(=O)C[Si](Cl)(Cl)CCC. The number of carbonyl (C=O) groups excluding carboxylic acids is 1. The third kappa shape index (κ3) is 5.81. The first-order chi connectivity index (χ1) is 5.52. The average molecular weight is 225 g/mol. The lowest BCUT2D eigenvalue weighted by atomic mass is 10.4. The van der Waals surface area contributed by atoms with Crippen LogP contribution in [0.2, 0.25) is 12.1 Å². The zero-order chi connectivity index (χ0) is 9.61. The van der Waals surface area contributed by atoms with E-state index >= 15 is 0 Å². The minimum Gasteiger partial charge on any atom is -0.295 e. The van der Waals surface area contributed by atoms with E-state index in [1.807, 2.05) is 13.8 Å². The maximum Gasteiger partial charge on any atom is 0.258 e. The highest BCUT2D eigenvalue weighted by Crippen LogP contribution is 2.27. The molecule has 0 unspecified atom stereocenters. The molecule has 0 saturated carbocycles. The van der Waals surface area contributed by atoms with E-state index in [0.717, 1.165) is 12.5 Å². The van der Waals surface area contributed by atoms with Crippen LogP contribution in [0.25, 0.3) is 0 Å². The van der Waals surface area contributed by atoms with Crippen molar-refractivity contribution in [3.8, 4) is 0 Å².